The molecule has 1 aromatic heterocycles. The Bertz CT molecular complexity index is 652. The van der Waals surface area contributed by atoms with Crippen molar-refractivity contribution in [3.63, 3.8) is 0 Å². The largest absolute Gasteiger partial charge is 0.493 e. The summed E-state index contributed by atoms with van der Waals surface area (Å²) in [5.41, 5.74) is 0.183. The molecule has 2 rings (SSSR count). The van der Waals surface area contributed by atoms with Crippen molar-refractivity contribution in [2.45, 2.75) is 19.9 Å². The van der Waals surface area contributed by atoms with Crippen LogP contribution in [0.5, 0.6) is 17.2 Å². The van der Waals surface area contributed by atoms with Gasteiger partial charge in [-0.15, -0.1) is 0 Å². The first-order valence-electron chi connectivity index (χ1n) is 6.49. The normalized spacial score (nSPS) is 10.5. The number of benzene rings is 1. The quantitative estimate of drug-likeness (QED) is 0.786. The lowest BCUT2D eigenvalue weighted by atomic mass is 10.2. The van der Waals surface area contributed by atoms with Gasteiger partial charge in [0.2, 0.25) is 5.75 Å². The SMILES string of the molecule is CCCn1nnn(-c2cc(OC)c(OC)c(OC)c2)c1=O. The molecule has 0 bridgehead atoms. The molecule has 0 atom stereocenters. The fourth-order valence-electron chi connectivity index (χ4n) is 1.98. The molecule has 0 unspecified atom stereocenters. The lowest BCUT2D eigenvalue weighted by Crippen LogP contribution is -2.24. The second-order valence-corrected chi connectivity index (χ2v) is 4.28. The number of tetrazole rings is 1. The first-order chi connectivity index (χ1) is 10.2. The predicted molar refractivity (Wildman–Crippen MR) is 75.6 cm³/mol. The lowest BCUT2D eigenvalue weighted by Gasteiger charge is -2.13. The zero-order valence-electron chi connectivity index (χ0n) is 12.5. The number of nitrogens with zero attached hydrogens (tertiary/aromatic N) is 4. The van der Waals surface area contributed by atoms with Gasteiger partial charge in [-0.25, -0.2) is 4.79 Å². The summed E-state index contributed by atoms with van der Waals surface area (Å²) in [6, 6.07) is 3.29. The van der Waals surface area contributed by atoms with Gasteiger partial charge in [0.05, 0.1) is 27.0 Å². The molecule has 0 saturated heterocycles. The van der Waals surface area contributed by atoms with E-state index < -0.39 is 0 Å². The first kappa shape index (κ1) is 14.9. The van der Waals surface area contributed by atoms with Crippen LogP contribution in [0.15, 0.2) is 16.9 Å². The van der Waals surface area contributed by atoms with Crippen LogP contribution < -0.4 is 19.9 Å². The predicted octanol–water partition coefficient (Wildman–Crippen LogP) is 0.865. The van der Waals surface area contributed by atoms with E-state index in [1.54, 1.807) is 12.1 Å². The Labute approximate surface area is 121 Å². The molecule has 8 nitrogen and oxygen atoms in total. The molecular formula is C13H18N4O4. The van der Waals surface area contributed by atoms with Gasteiger partial charge in [-0.05, 0) is 16.8 Å². The molecule has 1 aromatic carbocycles. The van der Waals surface area contributed by atoms with E-state index >= 15 is 0 Å². The van der Waals surface area contributed by atoms with Crippen LogP contribution in [0.1, 0.15) is 13.3 Å². The number of aryl methyl sites for hydroxylation is 1. The second kappa shape index (κ2) is 6.29. The Morgan fingerprint density at radius 3 is 2.14 bits per heavy atom. The van der Waals surface area contributed by atoms with Crippen LogP contribution in [0, 0.1) is 0 Å². The van der Waals surface area contributed by atoms with E-state index in [0.717, 1.165) is 6.42 Å². The molecule has 0 aliphatic heterocycles. The highest BCUT2D eigenvalue weighted by Crippen LogP contribution is 2.38. The van der Waals surface area contributed by atoms with Crippen LogP contribution in [0.25, 0.3) is 5.69 Å². The highest BCUT2D eigenvalue weighted by atomic mass is 16.5. The van der Waals surface area contributed by atoms with E-state index in [0.29, 0.717) is 29.5 Å². The van der Waals surface area contributed by atoms with Crippen molar-refractivity contribution in [2.75, 3.05) is 21.3 Å². The fraction of sp³-hybridized carbons (Fsp3) is 0.462. The topological polar surface area (TPSA) is 80.4 Å². The van der Waals surface area contributed by atoms with Gasteiger partial charge in [-0.1, -0.05) is 6.92 Å². The third-order valence-electron chi connectivity index (χ3n) is 2.97. The standard InChI is InChI=1S/C13H18N4O4/c1-5-6-16-13(18)17(15-14-16)9-7-10(19-2)12(21-4)11(8-9)20-3/h7-8H,5-6H2,1-4H3. The van der Waals surface area contributed by atoms with Crippen LogP contribution >= 0.6 is 0 Å². The van der Waals surface area contributed by atoms with Crippen LogP contribution in [0.2, 0.25) is 0 Å². The summed E-state index contributed by atoms with van der Waals surface area (Å²) in [5, 5.41) is 7.72. The molecule has 0 aliphatic rings. The summed E-state index contributed by atoms with van der Waals surface area (Å²) in [6.07, 6.45) is 0.799. The van der Waals surface area contributed by atoms with E-state index in [4.69, 9.17) is 14.2 Å². The lowest BCUT2D eigenvalue weighted by molar-refractivity contribution is 0.324. The van der Waals surface area contributed by atoms with Crippen molar-refractivity contribution < 1.29 is 14.2 Å². The van der Waals surface area contributed by atoms with Gasteiger partial charge >= 0.3 is 5.69 Å². The summed E-state index contributed by atoms with van der Waals surface area (Å²) in [7, 11) is 4.54. The molecular weight excluding hydrogens is 276 g/mol. The number of ether oxygens (including phenoxy) is 3. The molecule has 0 aliphatic carbocycles. The van der Waals surface area contributed by atoms with Gasteiger partial charge in [0.25, 0.3) is 0 Å². The van der Waals surface area contributed by atoms with Crippen molar-refractivity contribution in [1.82, 2.24) is 19.8 Å². The molecule has 8 heteroatoms. The van der Waals surface area contributed by atoms with Gasteiger partial charge in [-0.2, -0.15) is 9.36 Å². The molecule has 21 heavy (non-hydrogen) atoms. The van der Waals surface area contributed by atoms with Crippen LogP contribution in [0.3, 0.4) is 0 Å². The van der Waals surface area contributed by atoms with E-state index in [-0.39, 0.29) is 5.69 Å². The molecule has 0 saturated carbocycles. The average Bonchev–Trinajstić information content (AvgIpc) is 2.87. The average molecular weight is 294 g/mol. The smallest absolute Gasteiger partial charge is 0.368 e. The minimum absolute atomic E-state index is 0.314. The molecule has 114 valence electrons. The molecule has 2 aromatic rings. The Balaban J connectivity index is 2.57. The Morgan fingerprint density at radius 1 is 1.05 bits per heavy atom. The van der Waals surface area contributed by atoms with Crippen molar-refractivity contribution in [2.24, 2.45) is 0 Å². The zero-order valence-corrected chi connectivity index (χ0v) is 12.5. The number of aromatic nitrogens is 4. The maximum Gasteiger partial charge on any atom is 0.368 e. The van der Waals surface area contributed by atoms with Crippen LogP contribution in [-0.2, 0) is 6.54 Å². The molecule has 0 amide bonds. The maximum absolute atomic E-state index is 12.2. The monoisotopic (exact) mass is 294 g/mol. The number of hydrogen-bond acceptors (Lipinski definition) is 6. The Morgan fingerprint density at radius 2 is 1.67 bits per heavy atom. The summed E-state index contributed by atoms with van der Waals surface area (Å²) in [6.45, 7) is 2.48. The fourth-order valence-corrected chi connectivity index (χ4v) is 1.98. The number of hydrogen-bond donors (Lipinski definition) is 0. The molecule has 0 fully saturated rings. The molecule has 0 N–H and O–H groups in total. The Kier molecular flexibility index (Phi) is 4.46. The maximum atomic E-state index is 12.2. The van der Waals surface area contributed by atoms with Crippen molar-refractivity contribution >= 4 is 0 Å². The minimum Gasteiger partial charge on any atom is -0.493 e. The third kappa shape index (κ3) is 2.69. The summed E-state index contributed by atoms with van der Waals surface area (Å²) in [4.78, 5) is 12.2. The Hall–Kier alpha value is -2.51. The van der Waals surface area contributed by atoms with Gasteiger partial charge in [-0.3, -0.25) is 0 Å². The first-order valence-corrected chi connectivity index (χ1v) is 6.49. The molecule has 1 heterocycles. The highest BCUT2D eigenvalue weighted by molar-refractivity contribution is 5.57. The van der Waals surface area contributed by atoms with Crippen molar-refractivity contribution in [1.29, 1.82) is 0 Å². The minimum atomic E-state index is -0.314. The van der Waals surface area contributed by atoms with E-state index in [1.165, 1.54) is 30.7 Å². The summed E-state index contributed by atoms with van der Waals surface area (Å²) >= 11 is 0. The van der Waals surface area contributed by atoms with Gasteiger partial charge in [0.1, 0.15) is 0 Å². The van der Waals surface area contributed by atoms with Gasteiger partial charge < -0.3 is 14.2 Å². The molecule has 0 radical (unpaired) electrons. The van der Waals surface area contributed by atoms with E-state index in [9.17, 15) is 4.79 Å². The molecule has 0 spiro atoms. The number of rotatable bonds is 6. The zero-order chi connectivity index (χ0) is 15.4. The third-order valence-corrected chi connectivity index (χ3v) is 2.97. The van der Waals surface area contributed by atoms with Crippen molar-refractivity contribution in [3.05, 3.63) is 22.6 Å². The van der Waals surface area contributed by atoms with Crippen LogP contribution in [0.4, 0.5) is 0 Å². The van der Waals surface area contributed by atoms with Crippen molar-refractivity contribution in [3.8, 4) is 22.9 Å². The van der Waals surface area contributed by atoms with E-state index in [2.05, 4.69) is 10.4 Å². The summed E-state index contributed by atoms with van der Waals surface area (Å²) in [5.74, 6) is 1.35. The second-order valence-electron chi connectivity index (χ2n) is 4.28. The van der Waals surface area contributed by atoms with Gasteiger partial charge in [0.15, 0.2) is 11.5 Å². The van der Waals surface area contributed by atoms with Crippen LogP contribution in [-0.4, -0.2) is 41.1 Å². The summed E-state index contributed by atoms with van der Waals surface area (Å²) < 4.78 is 18.3. The number of methoxy groups -OCH3 is 3. The van der Waals surface area contributed by atoms with Gasteiger partial charge in [0, 0.05) is 18.7 Å². The van der Waals surface area contributed by atoms with E-state index in [1.807, 2.05) is 6.92 Å². The highest BCUT2D eigenvalue weighted by Gasteiger charge is 2.16.